The highest BCUT2D eigenvalue weighted by molar-refractivity contribution is 7.18. The summed E-state index contributed by atoms with van der Waals surface area (Å²) in [5.74, 6) is 0. The van der Waals surface area contributed by atoms with Crippen LogP contribution < -0.4 is 5.56 Å². The zero-order valence-electron chi connectivity index (χ0n) is 8.75. The molecule has 0 saturated heterocycles. The van der Waals surface area contributed by atoms with E-state index in [-0.39, 0.29) is 12.1 Å². The second-order valence-corrected chi connectivity index (χ2v) is 4.58. The topological polar surface area (TPSA) is 75.4 Å². The van der Waals surface area contributed by atoms with Crippen LogP contribution in [-0.4, -0.2) is 26.1 Å². The maximum Gasteiger partial charge on any atom is 0.262 e. The van der Waals surface area contributed by atoms with Crippen LogP contribution in [0.15, 0.2) is 17.2 Å². The first-order valence-corrected chi connectivity index (χ1v) is 5.77. The van der Waals surface area contributed by atoms with Gasteiger partial charge in [-0.1, -0.05) is 6.92 Å². The van der Waals surface area contributed by atoms with Gasteiger partial charge in [-0.25, -0.2) is 4.98 Å². The molecule has 0 spiro atoms. The Morgan fingerprint density at radius 3 is 2.94 bits per heavy atom. The van der Waals surface area contributed by atoms with Crippen molar-refractivity contribution in [3.63, 3.8) is 0 Å². The minimum absolute atomic E-state index is 0.154. The minimum atomic E-state index is -1.54. The van der Waals surface area contributed by atoms with Crippen molar-refractivity contribution < 1.29 is 10.2 Å². The Kier molecular flexibility index (Phi) is 3.04. The standard InChI is InChI=1S/C10H12N2O3S/c1-2-6-3-7-9(16-6)11-5-12(10(7)15)4-8(13)14/h3,5,8,13-14H,2,4H2,1H3. The molecule has 5 nitrogen and oxygen atoms in total. The van der Waals surface area contributed by atoms with Crippen LogP contribution in [0.3, 0.4) is 0 Å². The molecule has 0 saturated carbocycles. The third-order valence-electron chi connectivity index (χ3n) is 2.28. The van der Waals surface area contributed by atoms with E-state index in [2.05, 4.69) is 4.98 Å². The van der Waals surface area contributed by atoms with Gasteiger partial charge in [-0.05, 0) is 12.5 Å². The zero-order valence-corrected chi connectivity index (χ0v) is 9.57. The van der Waals surface area contributed by atoms with E-state index in [1.807, 2.05) is 13.0 Å². The van der Waals surface area contributed by atoms with E-state index in [1.54, 1.807) is 0 Å². The van der Waals surface area contributed by atoms with Gasteiger partial charge in [0.15, 0.2) is 6.29 Å². The molecule has 2 heterocycles. The summed E-state index contributed by atoms with van der Waals surface area (Å²) in [6, 6.07) is 1.82. The molecule has 0 aromatic carbocycles. The number of aliphatic hydroxyl groups excluding tert-OH is 1. The average molecular weight is 240 g/mol. The van der Waals surface area contributed by atoms with Crippen LogP contribution in [0.4, 0.5) is 0 Å². The molecular weight excluding hydrogens is 228 g/mol. The maximum atomic E-state index is 11.9. The van der Waals surface area contributed by atoms with E-state index in [9.17, 15) is 4.79 Å². The van der Waals surface area contributed by atoms with E-state index < -0.39 is 6.29 Å². The Morgan fingerprint density at radius 2 is 2.31 bits per heavy atom. The third kappa shape index (κ3) is 1.99. The van der Waals surface area contributed by atoms with Crippen LogP contribution in [0, 0.1) is 0 Å². The SMILES string of the molecule is CCc1cc2c(=O)n(CC(O)O)cnc2s1. The van der Waals surface area contributed by atoms with E-state index >= 15 is 0 Å². The van der Waals surface area contributed by atoms with Crippen molar-refractivity contribution in [3.8, 4) is 0 Å². The number of fused-ring (bicyclic) bond motifs is 1. The second-order valence-electron chi connectivity index (χ2n) is 3.47. The lowest BCUT2D eigenvalue weighted by Gasteiger charge is -2.05. The Labute approximate surface area is 95.6 Å². The summed E-state index contributed by atoms with van der Waals surface area (Å²) in [4.78, 5) is 17.8. The first kappa shape index (κ1) is 11.3. The van der Waals surface area contributed by atoms with E-state index in [0.29, 0.717) is 10.2 Å². The number of thiophene rings is 1. The van der Waals surface area contributed by atoms with E-state index in [0.717, 1.165) is 11.3 Å². The molecular formula is C10H12N2O3S. The van der Waals surface area contributed by atoms with Gasteiger partial charge in [-0.3, -0.25) is 9.36 Å². The first-order chi connectivity index (χ1) is 7.61. The Hall–Kier alpha value is -1.24. The van der Waals surface area contributed by atoms with Crippen molar-refractivity contribution in [1.82, 2.24) is 9.55 Å². The fourth-order valence-corrected chi connectivity index (χ4v) is 2.42. The zero-order chi connectivity index (χ0) is 11.7. The average Bonchev–Trinajstić information content (AvgIpc) is 2.65. The molecule has 0 amide bonds. The predicted octanol–water partition coefficient (Wildman–Crippen LogP) is 0.331. The molecule has 0 unspecified atom stereocenters. The summed E-state index contributed by atoms with van der Waals surface area (Å²) < 4.78 is 1.21. The number of hydrogen-bond donors (Lipinski definition) is 2. The van der Waals surface area contributed by atoms with Crippen molar-refractivity contribution in [3.05, 3.63) is 27.6 Å². The molecule has 0 aliphatic heterocycles. The molecule has 2 rings (SSSR count). The van der Waals surface area contributed by atoms with Crippen molar-refractivity contribution in [2.45, 2.75) is 26.2 Å². The highest BCUT2D eigenvalue weighted by Crippen LogP contribution is 2.20. The number of hydrogen-bond acceptors (Lipinski definition) is 5. The summed E-state index contributed by atoms with van der Waals surface area (Å²) in [5.41, 5.74) is -0.228. The fourth-order valence-electron chi connectivity index (χ4n) is 1.49. The molecule has 86 valence electrons. The number of aliphatic hydroxyl groups is 2. The Morgan fingerprint density at radius 1 is 1.56 bits per heavy atom. The highest BCUT2D eigenvalue weighted by Gasteiger charge is 2.09. The fraction of sp³-hybridized carbons (Fsp3) is 0.400. The van der Waals surface area contributed by atoms with Gasteiger partial charge >= 0.3 is 0 Å². The lowest BCUT2D eigenvalue weighted by atomic mass is 10.3. The summed E-state index contributed by atoms with van der Waals surface area (Å²) in [6.45, 7) is 1.86. The Balaban J connectivity index is 2.55. The number of aryl methyl sites for hydroxylation is 1. The maximum absolute atomic E-state index is 11.9. The molecule has 6 heteroatoms. The molecule has 0 aliphatic rings. The lowest BCUT2D eigenvalue weighted by molar-refractivity contribution is -0.0519. The van der Waals surface area contributed by atoms with Gasteiger partial charge in [-0.15, -0.1) is 11.3 Å². The van der Waals surface area contributed by atoms with Gasteiger partial charge in [-0.2, -0.15) is 0 Å². The third-order valence-corrected chi connectivity index (χ3v) is 3.46. The van der Waals surface area contributed by atoms with Gasteiger partial charge < -0.3 is 10.2 Å². The second kappa shape index (κ2) is 4.32. The van der Waals surface area contributed by atoms with Crippen molar-refractivity contribution in [2.75, 3.05) is 0 Å². The molecule has 16 heavy (non-hydrogen) atoms. The molecule has 0 fully saturated rings. The van der Waals surface area contributed by atoms with Gasteiger partial charge in [0.05, 0.1) is 18.3 Å². The van der Waals surface area contributed by atoms with Crippen LogP contribution in [-0.2, 0) is 13.0 Å². The molecule has 0 bridgehead atoms. The monoisotopic (exact) mass is 240 g/mol. The number of rotatable bonds is 3. The van der Waals surface area contributed by atoms with Crippen molar-refractivity contribution in [1.29, 1.82) is 0 Å². The molecule has 0 atom stereocenters. The van der Waals surface area contributed by atoms with E-state index in [1.165, 1.54) is 22.2 Å². The van der Waals surface area contributed by atoms with Crippen LogP contribution in [0.2, 0.25) is 0 Å². The summed E-state index contributed by atoms with van der Waals surface area (Å²) >= 11 is 1.49. The van der Waals surface area contributed by atoms with Gasteiger partial charge in [0.25, 0.3) is 5.56 Å². The largest absolute Gasteiger partial charge is 0.367 e. The van der Waals surface area contributed by atoms with Crippen LogP contribution in [0.5, 0.6) is 0 Å². The van der Waals surface area contributed by atoms with Gasteiger partial charge in [0, 0.05) is 4.88 Å². The predicted molar refractivity (Wildman–Crippen MR) is 61.5 cm³/mol. The normalized spacial score (nSPS) is 11.5. The molecule has 2 aromatic rings. The molecule has 0 radical (unpaired) electrons. The molecule has 2 aromatic heterocycles. The van der Waals surface area contributed by atoms with E-state index in [4.69, 9.17) is 10.2 Å². The van der Waals surface area contributed by atoms with Gasteiger partial charge in [0.1, 0.15) is 4.83 Å². The van der Waals surface area contributed by atoms with Crippen LogP contribution in [0.1, 0.15) is 11.8 Å². The summed E-state index contributed by atoms with van der Waals surface area (Å²) in [7, 11) is 0. The quantitative estimate of drug-likeness (QED) is 0.758. The highest BCUT2D eigenvalue weighted by atomic mass is 32.1. The van der Waals surface area contributed by atoms with Gasteiger partial charge in [0.2, 0.25) is 0 Å². The van der Waals surface area contributed by atoms with Crippen LogP contribution in [0.25, 0.3) is 10.2 Å². The number of aromatic nitrogens is 2. The minimum Gasteiger partial charge on any atom is -0.367 e. The van der Waals surface area contributed by atoms with Crippen LogP contribution >= 0.6 is 11.3 Å². The van der Waals surface area contributed by atoms with Crippen molar-refractivity contribution in [2.24, 2.45) is 0 Å². The summed E-state index contributed by atoms with van der Waals surface area (Å²) in [6.07, 6.45) is 0.671. The smallest absolute Gasteiger partial charge is 0.262 e. The van der Waals surface area contributed by atoms with Crippen molar-refractivity contribution >= 4 is 21.6 Å². The lowest BCUT2D eigenvalue weighted by Crippen LogP contribution is -2.26. The molecule has 2 N–H and O–H groups in total. The molecule has 0 aliphatic carbocycles. The summed E-state index contributed by atoms with van der Waals surface area (Å²) in [5, 5.41) is 18.2. The number of nitrogens with zero attached hydrogens (tertiary/aromatic N) is 2. The first-order valence-electron chi connectivity index (χ1n) is 4.95. The Bertz CT molecular complexity index is 559.